The van der Waals surface area contributed by atoms with Gasteiger partial charge in [0.1, 0.15) is 0 Å². The van der Waals surface area contributed by atoms with Crippen molar-refractivity contribution in [1.82, 2.24) is 9.88 Å². The van der Waals surface area contributed by atoms with Crippen molar-refractivity contribution in [3.63, 3.8) is 0 Å². The lowest BCUT2D eigenvalue weighted by molar-refractivity contribution is 0.435. The molecule has 0 saturated carbocycles. The van der Waals surface area contributed by atoms with Gasteiger partial charge >= 0.3 is 0 Å². The third-order valence-corrected chi connectivity index (χ3v) is 3.56. The highest BCUT2D eigenvalue weighted by Gasteiger charge is 2.22. The summed E-state index contributed by atoms with van der Waals surface area (Å²) >= 11 is 0. The van der Waals surface area contributed by atoms with Gasteiger partial charge in [-0.25, -0.2) is 0 Å². The van der Waals surface area contributed by atoms with Crippen LogP contribution in [0.2, 0.25) is 0 Å². The molecule has 0 aliphatic rings. The molecule has 0 fully saturated rings. The standard InChI is InChI=1S/C16H28N2O/c1-7-12(3)18-14(16(4,5)6)10-9-13(15(18)19)11-17-8-2/h9-10,12,17H,7-8,11H2,1-6H3. The summed E-state index contributed by atoms with van der Waals surface area (Å²) in [6.07, 6.45) is 0.966. The maximum Gasteiger partial charge on any atom is 0.255 e. The van der Waals surface area contributed by atoms with E-state index in [1.807, 2.05) is 10.6 Å². The number of hydrogen-bond donors (Lipinski definition) is 1. The van der Waals surface area contributed by atoms with E-state index in [1.165, 1.54) is 0 Å². The van der Waals surface area contributed by atoms with Crippen molar-refractivity contribution in [3.8, 4) is 0 Å². The van der Waals surface area contributed by atoms with E-state index in [9.17, 15) is 4.79 Å². The van der Waals surface area contributed by atoms with Crippen LogP contribution in [-0.2, 0) is 12.0 Å². The fraction of sp³-hybridized carbons (Fsp3) is 0.688. The monoisotopic (exact) mass is 264 g/mol. The lowest BCUT2D eigenvalue weighted by Crippen LogP contribution is -2.34. The van der Waals surface area contributed by atoms with Crippen molar-refractivity contribution in [2.45, 2.75) is 66.0 Å². The fourth-order valence-corrected chi connectivity index (χ4v) is 2.22. The molecule has 1 aromatic heterocycles. The Bertz CT molecular complexity index is 469. The molecular formula is C16H28N2O. The highest BCUT2D eigenvalue weighted by Crippen LogP contribution is 2.24. The first kappa shape index (κ1) is 16.0. The van der Waals surface area contributed by atoms with Crippen LogP contribution in [0, 0.1) is 0 Å². The first-order valence-corrected chi connectivity index (χ1v) is 7.28. The second-order valence-electron chi connectivity index (χ2n) is 6.21. The molecule has 108 valence electrons. The minimum atomic E-state index is -0.0146. The molecule has 1 N–H and O–H groups in total. The highest BCUT2D eigenvalue weighted by molar-refractivity contribution is 5.22. The fourth-order valence-electron chi connectivity index (χ4n) is 2.22. The molecule has 0 saturated heterocycles. The zero-order valence-corrected chi connectivity index (χ0v) is 13.2. The van der Waals surface area contributed by atoms with Gasteiger partial charge in [0.25, 0.3) is 5.56 Å². The van der Waals surface area contributed by atoms with Gasteiger partial charge in [0.2, 0.25) is 0 Å². The number of pyridine rings is 1. The zero-order valence-electron chi connectivity index (χ0n) is 13.2. The van der Waals surface area contributed by atoms with E-state index in [-0.39, 0.29) is 17.0 Å². The summed E-state index contributed by atoms with van der Waals surface area (Å²) < 4.78 is 1.98. The topological polar surface area (TPSA) is 34.0 Å². The van der Waals surface area contributed by atoms with Crippen LogP contribution in [0.1, 0.15) is 65.3 Å². The van der Waals surface area contributed by atoms with Crippen LogP contribution >= 0.6 is 0 Å². The molecule has 1 aromatic rings. The molecule has 1 unspecified atom stereocenters. The number of nitrogens with zero attached hydrogens (tertiary/aromatic N) is 1. The van der Waals surface area contributed by atoms with Gasteiger partial charge in [0.05, 0.1) is 0 Å². The van der Waals surface area contributed by atoms with E-state index in [4.69, 9.17) is 0 Å². The van der Waals surface area contributed by atoms with Crippen molar-refractivity contribution in [2.75, 3.05) is 6.54 Å². The van der Waals surface area contributed by atoms with Crippen LogP contribution in [-0.4, -0.2) is 11.1 Å². The minimum Gasteiger partial charge on any atom is -0.313 e. The second-order valence-corrected chi connectivity index (χ2v) is 6.21. The Hall–Kier alpha value is -1.09. The number of nitrogens with one attached hydrogen (secondary N) is 1. The summed E-state index contributed by atoms with van der Waals surface area (Å²) in [7, 11) is 0. The van der Waals surface area contributed by atoms with E-state index in [1.54, 1.807) is 0 Å². The molecular weight excluding hydrogens is 236 g/mol. The summed E-state index contributed by atoms with van der Waals surface area (Å²) in [5, 5.41) is 3.23. The Morgan fingerprint density at radius 3 is 2.37 bits per heavy atom. The van der Waals surface area contributed by atoms with Gasteiger partial charge in [0, 0.05) is 29.3 Å². The number of rotatable bonds is 5. The van der Waals surface area contributed by atoms with Crippen LogP contribution in [0.25, 0.3) is 0 Å². The zero-order chi connectivity index (χ0) is 14.6. The highest BCUT2D eigenvalue weighted by atomic mass is 16.1. The summed E-state index contributed by atoms with van der Waals surface area (Å²) in [4.78, 5) is 12.7. The maximum absolute atomic E-state index is 12.7. The van der Waals surface area contributed by atoms with Gasteiger partial charge in [-0.05, 0) is 26.0 Å². The molecule has 0 aliphatic heterocycles. The average Bonchev–Trinajstić information content (AvgIpc) is 2.34. The summed E-state index contributed by atoms with van der Waals surface area (Å²) in [6, 6.07) is 4.33. The molecule has 19 heavy (non-hydrogen) atoms. The van der Waals surface area contributed by atoms with E-state index in [0.717, 1.165) is 24.2 Å². The number of hydrogen-bond acceptors (Lipinski definition) is 2. The first-order valence-electron chi connectivity index (χ1n) is 7.28. The van der Waals surface area contributed by atoms with Gasteiger partial charge in [-0.2, -0.15) is 0 Å². The first-order chi connectivity index (χ1) is 8.82. The van der Waals surface area contributed by atoms with E-state index >= 15 is 0 Å². The summed E-state index contributed by atoms with van der Waals surface area (Å²) in [5.74, 6) is 0. The predicted molar refractivity (Wildman–Crippen MR) is 81.8 cm³/mol. The summed E-state index contributed by atoms with van der Waals surface area (Å²) in [5.41, 5.74) is 2.12. The smallest absolute Gasteiger partial charge is 0.255 e. The quantitative estimate of drug-likeness (QED) is 0.886. The van der Waals surface area contributed by atoms with E-state index < -0.39 is 0 Å². The van der Waals surface area contributed by atoms with Crippen molar-refractivity contribution in [3.05, 3.63) is 33.7 Å². The second kappa shape index (κ2) is 6.38. The molecule has 0 aromatic carbocycles. The molecule has 1 heterocycles. The Labute approximate surface area is 117 Å². The lowest BCUT2D eigenvalue weighted by atomic mass is 9.90. The van der Waals surface area contributed by atoms with Gasteiger partial charge in [-0.1, -0.05) is 40.7 Å². The molecule has 3 nitrogen and oxygen atoms in total. The maximum atomic E-state index is 12.7. The van der Waals surface area contributed by atoms with Crippen LogP contribution in [0.3, 0.4) is 0 Å². The average molecular weight is 264 g/mol. The lowest BCUT2D eigenvalue weighted by Gasteiger charge is -2.28. The van der Waals surface area contributed by atoms with Crippen molar-refractivity contribution >= 4 is 0 Å². The van der Waals surface area contributed by atoms with Crippen LogP contribution in [0.4, 0.5) is 0 Å². The largest absolute Gasteiger partial charge is 0.313 e. The molecule has 3 heteroatoms. The third-order valence-electron chi connectivity index (χ3n) is 3.56. The Morgan fingerprint density at radius 2 is 1.89 bits per heavy atom. The predicted octanol–water partition coefficient (Wildman–Crippen LogP) is 3.23. The molecule has 0 bridgehead atoms. The van der Waals surface area contributed by atoms with Crippen LogP contribution in [0.5, 0.6) is 0 Å². The van der Waals surface area contributed by atoms with Crippen molar-refractivity contribution in [2.24, 2.45) is 0 Å². The Morgan fingerprint density at radius 1 is 1.26 bits per heavy atom. The van der Waals surface area contributed by atoms with Crippen LogP contribution < -0.4 is 10.9 Å². The summed E-state index contributed by atoms with van der Waals surface area (Å²) in [6.45, 7) is 14.3. The molecule has 1 atom stereocenters. The molecule has 0 aliphatic carbocycles. The van der Waals surface area contributed by atoms with E-state index in [2.05, 4.69) is 52.9 Å². The van der Waals surface area contributed by atoms with E-state index in [0.29, 0.717) is 6.54 Å². The molecule has 0 spiro atoms. The van der Waals surface area contributed by atoms with Crippen molar-refractivity contribution in [1.29, 1.82) is 0 Å². The molecule has 1 rings (SSSR count). The Kier molecular flexibility index (Phi) is 5.36. The minimum absolute atomic E-state index is 0.0146. The van der Waals surface area contributed by atoms with Gasteiger partial charge in [0.15, 0.2) is 0 Å². The molecule has 0 radical (unpaired) electrons. The molecule has 0 amide bonds. The van der Waals surface area contributed by atoms with Gasteiger partial charge in [-0.15, -0.1) is 0 Å². The van der Waals surface area contributed by atoms with Gasteiger partial charge in [-0.3, -0.25) is 4.79 Å². The van der Waals surface area contributed by atoms with Crippen LogP contribution in [0.15, 0.2) is 16.9 Å². The Balaban J connectivity index is 3.37. The normalized spacial score (nSPS) is 13.6. The van der Waals surface area contributed by atoms with Crippen molar-refractivity contribution < 1.29 is 0 Å². The van der Waals surface area contributed by atoms with Gasteiger partial charge < -0.3 is 9.88 Å². The SMILES string of the molecule is CCNCc1ccc(C(C)(C)C)n(C(C)CC)c1=O. The number of aromatic nitrogens is 1. The third kappa shape index (κ3) is 3.69.